The number of thiol groups is 1. The first kappa shape index (κ1) is 10.7. The molecule has 0 nitrogen and oxygen atoms in total. The Labute approximate surface area is 90.8 Å². The Morgan fingerprint density at radius 1 is 1.31 bits per heavy atom. The maximum absolute atomic E-state index is 5.01. The van der Waals surface area contributed by atoms with Crippen molar-refractivity contribution in [2.45, 2.75) is 25.7 Å². The Hall–Kier alpha value is -0.340. The maximum Gasteiger partial charge on any atom is 0.0456 e. The van der Waals surface area contributed by atoms with Gasteiger partial charge in [0.1, 0.15) is 0 Å². The SMILES string of the molecule is CC(C)(CC(=S)S)c1ccccc1. The molecule has 2 heteroatoms. The van der Waals surface area contributed by atoms with Crippen molar-refractivity contribution in [3.8, 4) is 0 Å². The Morgan fingerprint density at radius 3 is 2.31 bits per heavy atom. The molecule has 0 aliphatic heterocycles. The van der Waals surface area contributed by atoms with E-state index >= 15 is 0 Å². The third-order valence-corrected chi connectivity index (χ3v) is 2.45. The molecule has 0 radical (unpaired) electrons. The van der Waals surface area contributed by atoms with Crippen LogP contribution in [0.15, 0.2) is 30.3 Å². The minimum Gasteiger partial charge on any atom is -0.136 e. The lowest BCUT2D eigenvalue weighted by Gasteiger charge is -2.24. The predicted molar refractivity (Wildman–Crippen MR) is 65.7 cm³/mol. The molecule has 0 saturated heterocycles. The molecule has 0 heterocycles. The van der Waals surface area contributed by atoms with E-state index < -0.39 is 0 Å². The van der Waals surface area contributed by atoms with Crippen molar-refractivity contribution in [3.63, 3.8) is 0 Å². The normalized spacial score (nSPS) is 11.3. The van der Waals surface area contributed by atoms with E-state index in [1.807, 2.05) is 6.07 Å². The lowest BCUT2D eigenvalue weighted by Crippen LogP contribution is -2.18. The summed E-state index contributed by atoms with van der Waals surface area (Å²) in [5, 5.41) is 0. The van der Waals surface area contributed by atoms with Crippen LogP contribution < -0.4 is 0 Å². The summed E-state index contributed by atoms with van der Waals surface area (Å²) in [6.45, 7) is 4.37. The van der Waals surface area contributed by atoms with Crippen molar-refractivity contribution in [3.05, 3.63) is 35.9 Å². The Kier molecular flexibility index (Phi) is 3.51. The van der Waals surface area contributed by atoms with Gasteiger partial charge in [0.25, 0.3) is 0 Å². The standard InChI is InChI=1S/C11H14S2/c1-11(2,8-10(12)13)9-6-4-3-5-7-9/h3-7H,8H2,1-2H3,(H,12,13). The fraction of sp³-hybridized carbons (Fsp3) is 0.364. The molecule has 0 N–H and O–H groups in total. The smallest absolute Gasteiger partial charge is 0.0456 e. The first-order valence-corrected chi connectivity index (χ1v) is 5.15. The molecule has 1 aromatic carbocycles. The van der Waals surface area contributed by atoms with Gasteiger partial charge in [-0.3, -0.25) is 0 Å². The van der Waals surface area contributed by atoms with Crippen molar-refractivity contribution >= 4 is 29.0 Å². The van der Waals surface area contributed by atoms with E-state index in [2.05, 4.69) is 50.7 Å². The van der Waals surface area contributed by atoms with Crippen molar-refractivity contribution < 1.29 is 0 Å². The maximum atomic E-state index is 5.01. The lowest BCUT2D eigenvalue weighted by molar-refractivity contribution is 0.555. The van der Waals surface area contributed by atoms with E-state index in [1.165, 1.54) is 5.56 Å². The van der Waals surface area contributed by atoms with Gasteiger partial charge in [-0.15, -0.1) is 12.6 Å². The van der Waals surface area contributed by atoms with Gasteiger partial charge in [0.15, 0.2) is 0 Å². The van der Waals surface area contributed by atoms with Gasteiger partial charge in [-0.05, 0) is 17.4 Å². The van der Waals surface area contributed by atoms with Gasteiger partial charge in [-0.25, -0.2) is 0 Å². The molecule has 0 unspecified atom stereocenters. The summed E-state index contributed by atoms with van der Waals surface area (Å²) >= 11 is 9.18. The zero-order valence-electron chi connectivity index (χ0n) is 7.95. The van der Waals surface area contributed by atoms with E-state index in [9.17, 15) is 0 Å². The first-order valence-electron chi connectivity index (χ1n) is 4.30. The molecule has 0 aliphatic carbocycles. The largest absolute Gasteiger partial charge is 0.136 e. The van der Waals surface area contributed by atoms with Crippen LogP contribution in [-0.2, 0) is 5.41 Å². The van der Waals surface area contributed by atoms with E-state index in [0.29, 0.717) is 0 Å². The molecule has 1 rings (SSSR count). The van der Waals surface area contributed by atoms with Crippen molar-refractivity contribution in [1.82, 2.24) is 0 Å². The van der Waals surface area contributed by atoms with Gasteiger partial charge in [0.2, 0.25) is 0 Å². The summed E-state index contributed by atoms with van der Waals surface area (Å²) < 4.78 is 0.772. The number of hydrogen-bond donors (Lipinski definition) is 1. The Morgan fingerprint density at radius 2 is 1.85 bits per heavy atom. The monoisotopic (exact) mass is 210 g/mol. The molecule has 0 atom stereocenters. The minimum atomic E-state index is 0.0973. The molecule has 0 bridgehead atoms. The molecule has 1 aromatic rings. The van der Waals surface area contributed by atoms with Crippen LogP contribution in [0, 0.1) is 0 Å². The highest BCUT2D eigenvalue weighted by Crippen LogP contribution is 2.27. The number of rotatable bonds is 3. The molecule has 0 saturated carbocycles. The van der Waals surface area contributed by atoms with Gasteiger partial charge in [-0.1, -0.05) is 56.4 Å². The highest BCUT2D eigenvalue weighted by molar-refractivity contribution is 8.11. The van der Waals surface area contributed by atoms with Crippen LogP contribution in [-0.4, -0.2) is 4.20 Å². The zero-order valence-corrected chi connectivity index (χ0v) is 9.66. The summed E-state index contributed by atoms with van der Waals surface area (Å²) in [5.41, 5.74) is 1.41. The quantitative estimate of drug-likeness (QED) is 0.587. The van der Waals surface area contributed by atoms with Gasteiger partial charge in [0.05, 0.1) is 0 Å². The topological polar surface area (TPSA) is 0 Å². The summed E-state index contributed by atoms with van der Waals surface area (Å²) in [4.78, 5) is 0. The molecule has 0 amide bonds. The van der Waals surface area contributed by atoms with Crippen LogP contribution in [0.2, 0.25) is 0 Å². The molecule has 0 fully saturated rings. The number of benzene rings is 1. The summed E-state index contributed by atoms with van der Waals surface area (Å²) in [5.74, 6) is 0. The van der Waals surface area contributed by atoms with Gasteiger partial charge >= 0.3 is 0 Å². The Balaban J connectivity index is 2.87. The van der Waals surface area contributed by atoms with Crippen LogP contribution >= 0.6 is 24.8 Å². The van der Waals surface area contributed by atoms with Crippen LogP contribution in [0.25, 0.3) is 0 Å². The van der Waals surface area contributed by atoms with E-state index in [-0.39, 0.29) is 5.41 Å². The van der Waals surface area contributed by atoms with Crippen molar-refractivity contribution in [2.75, 3.05) is 0 Å². The third kappa shape index (κ3) is 3.12. The van der Waals surface area contributed by atoms with Crippen LogP contribution in [0.1, 0.15) is 25.8 Å². The third-order valence-electron chi connectivity index (χ3n) is 2.15. The number of hydrogen-bond acceptors (Lipinski definition) is 1. The van der Waals surface area contributed by atoms with Crippen molar-refractivity contribution in [2.24, 2.45) is 0 Å². The zero-order chi connectivity index (χ0) is 9.90. The van der Waals surface area contributed by atoms with Gasteiger partial charge in [0, 0.05) is 4.20 Å². The summed E-state index contributed by atoms with van der Waals surface area (Å²) in [7, 11) is 0. The van der Waals surface area contributed by atoms with Gasteiger partial charge < -0.3 is 0 Å². The van der Waals surface area contributed by atoms with Crippen LogP contribution in [0.5, 0.6) is 0 Å². The second-order valence-corrected chi connectivity index (χ2v) is 5.16. The van der Waals surface area contributed by atoms with Crippen LogP contribution in [0.4, 0.5) is 0 Å². The molecular formula is C11H14S2. The van der Waals surface area contributed by atoms with Gasteiger partial charge in [-0.2, -0.15) is 0 Å². The number of thiocarbonyl (C=S) groups is 1. The molecule has 70 valence electrons. The van der Waals surface area contributed by atoms with E-state index in [1.54, 1.807) is 0 Å². The Bertz CT molecular complexity index is 288. The fourth-order valence-electron chi connectivity index (χ4n) is 1.37. The fourth-order valence-corrected chi connectivity index (χ4v) is 2.13. The summed E-state index contributed by atoms with van der Waals surface area (Å²) in [6, 6.07) is 10.4. The van der Waals surface area contributed by atoms with Crippen molar-refractivity contribution in [1.29, 1.82) is 0 Å². The first-order chi connectivity index (χ1) is 6.02. The molecule has 0 aliphatic rings. The average Bonchev–Trinajstić information content (AvgIpc) is 2.04. The lowest BCUT2D eigenvalue weighted by atomic mass is 9.82. The second-order valence-electron chi connectivity index (χ2n) is 3.82. The minimum absolute atomic E-state index is 0.0973. The molecule has 0 spiro atoms. The molecular weight excluding hydrogens is 196 g/mol. The highest BCUT2D eigenvalue weighted by atomic mass is 32.1. The highest BCUT2D eigenvalue weighted by Gasteiger charge is 2.20. The average molecular weight is 210 g/mol. The predicted octanol–water partition coefficient (Wildman–Crippen LogP) is 3.61. The second kappa shape index (κ2) is 4.25. The van der Waals surface area contributed by atoms with E-state index in [0.717, 1.165) is 10.6 Å². The molecule has 0 aromatic heterocycles. The van der Waals surface area contributed by atoms with E-state index in [4.69, 9.17) is 12.2 Å². The van der Waals surface area contributed by atoms with Crippen LogP contribution in [0.3, 0.4) is 0 Å². The summed E-state index contributed by atoms with van der Waals surface area (Å²) in [6.07, 6.45) is 0.843. The molecule has 13 heavy (non-hydrogen) atoms.